The van der Waals surface area contributed by atoms with Crippen molar-refractivity contribution in [3.63, 3.8) is 0 Å². The lowest BCUT2D eigenvalue weighted by Crippen LogP contribution is -2.36. The zero-order valence-electron chi connectivity index (χ0n) is 11.7. The number of rotatable bonds is 7. The third kappa shape index (κ3) is 6.54. The Kier molecular flexibility index (Phi) is 6.09. The molecule has 10 heteroatoms. The average molecular weight is 335 g/mol. The van der Waals surface area contributed by atoms with Gasteiger partial charge in [-0.3, -0.25) is 0 Å². The number of amides is 2. The van der Waals surface area contributed by atoms with Crippen LogP contribution in [0.25, 0.3) is 0 Å². The van der Waals surface area contributed by atoms with Crippen LogP contribution >= 0.6 is 11.3 Å². The number of carboxylic acids is 1. The summed E-state index contributed by atoms with van der Waals surface area (Å²) in [5, 5.41) is 14.4. The molecule has 0 unspecified atom stereocenters. The molecule has 0 aliphatic rings. The van der Waals surface area contributed by atoms with Gasteiger partial charge in [0.05, 0.1) is 18.0 Å². The first-order chi connectivity index (χ1) is 9.69. The number of hydrogen-bond acceptors (Lipinski definition) is 6. The Labute approximate surface area is 126 Å². The van der Waals surface area contributed by atoms with Gasteiger partial charge < -0.3 is 15.7 Å². The molecule has 0 saturated carbocycles. The van der Waals surface area contributed by atoms with Gasteiger partial charge in [-0.1, -0.05) is 0 Å². The van der Waals surface area contributed by atoms with Crippen LogP contribution in [0.15, 0.2) is 0 Å². The Morgan fingerprint density at radius 1 is 1.33 bits per heavy atom. The van der Waals surface area contributed by atoms with E-state index in [1.807, 2.05) is 0 Å². The zero-order valence-corrected chi connectivity index (χ0v) is 13.3. The Morgan fingerprint density at radius 3 is 2.52 bits per heavy atom. The number of nitrogens with zero attached hydrogens (tertiary/aromatic N) is 1. The minimum absolute atomic E-state index is 0.0148. The normalized spacial score (nSPS) is 11.1. The molecule has 21 heavy (non-hydrogen) atoms. The monoisotopic (exact) mass is 335 g/mol. The van der Waals surface area contributed by atoms with E-state index in [4.69, 9.17) is 5.11 Å². The lowest BCUT2D eigenvalue weighted by Gasteiger charge is -2.05. The molecule has 0 bridgehead atoms. The number of carboxylic acid groups (broad SMARTS) is 1. The van der Waals surface area contributed by atoms with Gasteiger partial charge in [0.1, 0.15) is 19.7 Å². The van der Waals surface area contributed by atoms with E-state index in [1.54, 1.807) is 6.92 Å². The minimum Gasteiger partial charge on any atom is -0.477 e. The fourth-order valence-electron chi connectivity index (χ4n) is 1.48. The predicted molar refractivity (Wildman–Crippen MR) is 78.4 cm³/mol. The van der Waals surface area contributed by atoms with Crippen molar-refractivity contribution in [1.29, 1.82) is 0 Å². The predicted octanol–water partition coefficient (Wildman–Crippen LogP) is 0.384. The second-order valence-electron chi connectivity index (χ2n) is 4.42. The smallest absolute Gasteiger partial charge is 0.347 e. The molecule has 0 fully saturated rings. The number of aromatic carboxylic acids is 1. The molecule has 1 aromatic rings. The fourth-order valence-corrected chi connectivity index (χ4v) is 2.99. The van der Waals surface area contributed by atoms with Crippen LogP contribution < -0.4 is 10.6 Å². The number of sulfone groups is 1. The molecule has 0 aliphatic carbocycles. The van der Waals surface area contributed by atoms with Gasteiger partial charge in [0, 0.05) is 12.8 Å². The van der Waals surface area contributed by atoms with Crippen LogP contribution in [0.3, 0.4) is 0 Å². The van der Waals surface area contributed by atoms with E-state index >= 15 is 0 Å². The highest BCUT2D eigenvalue weighted by Crippen LogP contribution is 2.17. The number of urea groups is 1. The first-order valence-corrected chi connectivity index (χ1v) is 8.96. The quantitative estimate of drug-likeness (QED) is 0.619. The Morgan fingerprint density at radius 2 is 2.00 bits per heavy atom. The summed E-state index contributed by atoms with van der Waals surface area (Å²) >= 11 is 1.01. The van der Waals surface area contributed by atoms with Crippen molar-refractivity contribution in [2.24, 2.45) is 0 Å². The Hall–Kier alpha value is -1.68. The number of aryl methyl sites for hydroxylation is 1. The molecule has 0 saturated heterocycles. The molecule has 118 valence electrons. The van der Waals surface area contributed by atoms with Crippen LogP contribution in [0.4, 0.5) is 4.79 Å². The van der Waals surface area contributed by atoms with Gasteiger partial charge in [0.2, 0.25) is 0 Å². The molecule has 1 aromatic heterocycles. The van der Waals surface area contributed by atoms with Crippen LogP contribution in [-0.2, 0) is 16.4 Å². The summed E-state index contributed by atoms with van der Waals surface area (Å²) in [5.74, 6) is -1.03. The topological polar surface area (TPSA) is 125 Å². The molecule has 2 amide bonds. The highest BCUT2D eigenvalue weighted by Gasteiger charge is 2.14. The second-order valence-corrected chi connectivity index (χ2v) is 7.76. The number of aromatic nitrogens is 1. The molecule has 8 nitrogen and oxygen atoms in total. The largest absolute Gasteiger partial charge is 0.477 e. The second kappa shape index (κ2) is 7.36. The maximum Gasteiger partial charge on any atom is 0.347 e. The number of thiazole rings is 1. The van der Waals surface area contributed by atoms with Gasteiger partial charge in [0.25, 0.3) is 0 Å². The molecule has 0 spiro atoms. The van der Waals surface area contributed by atoms with Crippen LogP contribution in [-0.4, -0.2) is 49.1 Å². The molecular formula is C11H17N3O5S2. The Bertz CT molecular complexity index is 624. The standard InChI is InChI=1S/C11H17N3O5S2/c1-7-9(10(15)16)20-8(14-7)6-13-11(17)12-4-3-5-21(2,18)19/h3-6H2,1-2H3,(H,15,16)(H2,12,13,17). The number of nitrogens with one attached hydrogen (secondary N) is 2. The van der Waals surface area contributed by atoms with Crippen LogP contribution in [0.1, 0.15) is 26.8 Å². The lowest BCUT2D eigenvalue weighted by molar-refractivity contribution is 0.0701. The number of hydrogen-bond donors (Lipinski definition) is 3. The highest BCUT2D eigenvalue weighted by molar-refractivity contribution is 7.90. The lowest BCUT2D eigenvalue weighted by atomic mass is 10.4. The zero-order chi connectivity index (χ0) is 16.0. The van der Waals surface area contributed by atoms with Crippen LogP contribution in [0.5, 0.6) is 0 Å². The molecule has 3 N–H and O–H groups in total. The molecular weight excluding hydrogens is 318 g/mol. The van der Waals surface area contributed by atoms with E-state index in [0.717, 1.165) is 17.6 Å². The van der Waals surface area contributed by atoms with Crippen molar-refractivity contribution in [1.82, 2.24) is 15.6 Å². The SMILES string of the molecule is Cc1nc(CNC(=O)NCCCS(C)(=O)=O)sc1C(=O)O. The first-order valence-electron chi connectivity index (χ1n) is 6.08. The van der Waals surface area contributed by atoms with E-state index in [9.17, 15) is 18.0 Å². The summed E-state index contributed by atoms with van der Waals surface area (Å²) in [6, 6.07) is -0.451. The van der Waals surface area contributed by atoms with Crippen LogP contribution in [0, 0.1) is 6.92 Å². The third-order valence-electron chi connectivity index (χ3n) is 2.41. The van der Waals surface area contributed by atoms with E-state index in [2.05, 4.69) is 15.6 Å². The first kappa shape index (κ1) is 17.4. The molecule has 1 heterocycles. The van der Waals surface area contributed by atoms with Crippen molar-refractivity contribution >= 4 is 33.2 Å². The highest BCUT2D eigenvalue weighted by atomic mass is 32.2. The van der Waals surface area contributed by atoms with E-state index < -0.39 is 21.8 Å². The van der Waals surface area contributed by atoms with Gasteiger partial charge >= 0.3 is 12.0 Å². The van der Waals surface area contributed by atoms with Gasteiger partial charge in [-0.05, 0) is 13.3 Å². The van der Waals surface area contributed by atoms with Crippen molar-refractivity contribution in [3.8, 4) is 0 Å². The van der Waals surface area contributed by atoms with Crippen molar-refractivity contribution in [2.45, 2.75) is 19.9 Å². The molecule has 0 atom stereocenters. The van der Waals surface area contributed by atoms with Crippen molar-refractivity contribution < 1.29 is 23.1 Å². The minimum atomic E-state index is -3.02. The van der Waals surface area contributed by atoms with E-state index in [-0.39, 0.29) is 23.7 Å². The van der Waals surface area contributed by atoms with Gasteiger partial charge in [-0.25, -0.2) is 23.0 Å². The third-order valence-corrected chi connectivity index (χ3v) is 4.59. The molecule has 0 aliphatic heterocycles. The van der Waals surface area contributed by atoms with Crippen molar-refractivity contribution in [3.05, 3.63) is 15.6 Å². The van der Waals surface area contributed by atoms with Gasteiger partial charge in [-0.15, -0.1) is 11.3 Å². The summed E-state index contributed by atoms with van der Waals surface area (Å²) in [5.41, 5.74) is 0.415. The fraction of sp³-hybridized carbons (Fsp3) is 0.545. The number of carbonyl (C=O) groups excluding carboxylic acids is 1. The summed E-state index contributed by atoms with van der Waals surface area (Å²) < 4.78 is 21.8. The summed E-state index contributed by atoms with van der Waals surface area (Å²) in [6.07, 6.45) is 1.48. The van der Waals surface area contributed by atoms with Gasteiger partial charge in [0.15, 0.2) is 0 Å². The molecule has 0 radical (unpaired) electrons. The van der Waals surface area contributed by atoms with Gasteiger partial charge in [-0.2, -0.15) is 0 Å². The van der Waals surface area contributed by atoms with E-state index in [0.29, 0.717) is 17.1 Å². The Balaban J connectivity index is 2.33. The van der Waals surface area contributed by atoms with Crippen molar-refractivity contribution in [2.75, 3.05) is 18.6 Å². The molecule has 0 aromatic carbocycles. The van der Waals surface area contributed by atoms with E-state index in [1.165, 1.54) is 0 Å². The molecule has 1 rings (SSSR count). The average Bonchev–Trinajstić information content (AvgIpc) is 2.72. The summed E-state index contributed by atoms with van der Waals surface area (Å²) in [4.78, 5) is 26.5. The maximum atomic E-state index is 11.5. The van der Waals surface area contributed by atoms with Crippen LogP contribution in [0.2, 0.25) is 0 Å². The summed E-state index contributed by atoms with van der Waals surface area (Å²) in [7, 11) is -3.02. The maximum absolute atomic E-state index is 11.5. The summed E-state index contributed by atoms with van der Waals surface area (Å²) in [6.45, 7) is 1.96. The number of carbonyl (C=O) groups is 2.